The van der Waals surface area contributed by atoms with Crippen LogP contribution in [0.5, 0.6) is 5.75 Å². The second-order valence-electron chi connectivity index (χ2n) is 4.08. The highest BCUT2D eigenvalue weighted by atomic mass is 16.5. The topological polar surface area (TPSA) is 22.1 Å². The van der Waals surface area contributed by atoms with Crippen molar-refractivity contribution in [3.63, 3.8) is 0 Å². The number of hydrogen-bond donors (Lipinski definition) is 0. The van der Waals surface area contributed by atoms with Gasteiger partial charge in [0.05, 0.1) is 12.6 Å². The summed E-state index contributed by atoms with van der Waals surface area (Å²) < 4.78 is 5.38. The van der Waals surface area contributed by atoms with Crippen molar-refractivity contribution in [1.82, 2.24) is 4.98 Å². The number of ether oxygens (including phenoxy) is 1. The lowest BCUT2D eigenvalue weighted by Gasteiger charge is -2.09. The molecule has 1 heterocycles. The molecule has 0 fully saturated rings. The average molecular weight is 235 g/mol. The molecule has 2 heteroatoms. The molecule has 0 aliphatic carbocycles. The molecule has 0 saturated heterocycles. The maximum Gasteiger partial charge on any atom is 0.128 e. The highest BCUT2D eigenvalue weighted by Gasteiger charge is 2.08. The second-order valence-corrected chi connectivity index (χ2v) is 4.08. The van der Waals surface area contributed by atoms with Crippen LogP contribution in [-0.4, -0.2) is 12.1 Å². The monoisotopic (exact) mass is 235 g/mol. The summed E-state index contributed by atoms with van der Waals surface area (Å²) >= 11 is 0. The van der Waals surface area contributed by atoms with Gasteiger partial charge in [-0.05, 0) is 29.8 Å². The van der Waals surface area contributed by atoms with E-state index < -0.39 is 0 Å². The summed E-state index contributed by atoms with van der Waals surface area (Å²) in [4.78, 5) is 4.49. The lowest BCUT2D eigenvalue weighted by atomic mass is 10.0. The van der Waals surface area contributed by atoms with Gasteiger partial charge < -0.3 is 4.74 Å². The van der Waals surface area contributed by atoms with E-state index in [1.807, 2.05) is 42.6 Å². The third kappa shape index (κ3) is 1.72. The molecule has 0 aliphatic heterocycles. The van der Waals surface area contributed by atoms with Crippen LogP contribution in [0.3, 0.4) is 0 Å². The molecule has 3 aromatic rings. The van der Waals surface area contributed by atoms with Gasteiger partial charge in [0.15, 0.2) is 0 Å². The number of fused-ring (bicyclic) bond motifs is 1. The lowest BCUT2D eigenvalue weighted by molar-refractivity contribution is 0.420. The van der Waals surface area contributed by atoms with E-state index in [-0.39, 0.29) is 0 Å². The number of nitrogens with zero attached hydrogens (tertiary/aromatic N) is 1. The zero-order valence-corrected chi connectivity index (χ0v) is 10.1. The van der Waals surface area contributed by atoms with Crippen molar-refractivity contribution >= 4 is 10.9 Å². The van der Waals surface area contributed by atoms with Crippen LogP contribution in [0.25, 0.3) is 22.0 Å². The van der Waals surface area contributed by atoms with E-state index in [0.717, 1.165) is 22.2 Å². The Morgan fingerprint density at radius 2 is 1.72 bits per heavy atom. The molecule has 0 N–H and O–H groups in total. The fraction of sp³-hybridized carbons (Fsp3) is 0.0625. The molecule has 1 aromatic heterocycles. The molecular weight excluding hydrogens is 222 g/mol. The summed E-state index contributed by atoms with van der Waals surface area (Å²) in [5.41, 5.74) is 3.28. The number of pyridine rings is 1. The Bertz CT molecular complexity index is 677. The quantitative estimate of drug-likeness (QED) is 0.671. The second kappa shape index (κ2) is 4.49. The molecule has 0 atom stereocenters. The third-order valence-electron chi connectivity index (χ3n) is 3.03. The fourth-order valence-electron chi connectivity index (χ4n) is 2.18. The number of methoxy groups -OCH3 is 1. The van der Waals surface area contributed by atoms with Crippen molar-refractivity contribution < 1.29 is 4.74 Å². The van der Waals surface area contributed by atoms with Gasteiger partial charge in [-0.1, -0.05) is 30.3 Å². The molecule has 0 saturated carbocycles. The van der Waals surface area contributed by atoms with Crippen LogP contribution in [0, 0.1) is 0 Å². The Kier molecular flexibility index (Phi) is 2.69. The summed E-state index contributed by atoms with van der Waals surface area (Å²) in [5.74, 6) is 0.859. The fourth-order valence-corrected chi connectivity index (χ4v) is 2.18. The molecule has 3 rings (SSSR count). The van der Waals surface area contributed by atoms with E-state index in [1.54, 1.807) is 7.11 Å². The van der Waals surface area contributed by atoms with E-state index in [1.165, 1.54) is 5.56 Å². The van der Waals surface area contributed by atoms with Gasteiger partial charge in [0, 0.05) is 17.1 Å². The van der Waals surface area contributed by atoms with Crippen molar-refractivity contribution in [2.75, 3.05) is 7.11 Å². The third-order valence-corrected chi connectivity index (χ3v) is 3.03. The molecule has 18 heavy (non-hydrogen) atoms. The molecular formula is C16H13NO. The minimum absolute atomic E-state index is 0.859. The van der Waals surface area contributed by atoms with Gasteiger partial charge in [-0.2, -0.15) is 0 Å². The Morgan fingerprint density at radius 3 is 2.50 bits per heavy atom. The predicted octanol–water partition coefficient (Wildman–Crippen LogP) is 3.91. The maximum atomic E-state index is 5.38. The van der Waals surface area contributed by atoms with Crippen LogP contribution in [0.1, 0.15) is 0 Å². The minimum atomic E-state index is 0.859. The first-order chi connectivity index (χ1) is 8.90. The van der Waals surface area contributed by atoms with Crippen LogP contribution in [0.2, 0.25) is 0 Å². The number of aromatic nitrogens is 1. The van der Waals surface area contributed by atoms with E-state index in [2.05, 4.69) is 23.2 Å². The Hall–Kier alpha value is -2.35. The van der Waals surface area contributed by atoms with Gasteiger partial charge in [-0.15, -0.1) is 0 Å². The van der Waals surface area contributed by atoms with Gasteiger partial charge in [-0.25, -0.2) is 0 Å². The van der Waals surface area contributed by atoms with E-state index in [4.69, 9.17) is 4.74 Å². The average Bonchev–Trinajstić information content (AvgIpc) is 2.47. The van der Waals surface area contributed by atoms with Gasteiger partial charge >= 0.3 is 0 Å². The standard InChI is InChI=1S/C16H13NO/c1-18-15-10-9-13(12-6-3-2-4-7-12)16-14(15)8-5-11-17-16/h2-11H,1H3. The van der Waals surface area contributed by atoms with E-state index in [0.29, 0.717) is 0 Å². The Balaban J connectivity index is 2.32. The minimum Gasteiger partial charge on any atom is -0.496 e. The van der Waals surface area contributed by atoms with Crippen molar-refractivity contribution in [3.8, 4) is 16.9 Å². The first-order valence-corrected chi connectivity index (χ1v) is 5.87. The molecule has 88 valence electrons. The summed E-state index contributed by atoms with van der Waals surface area (Å²) in [7, 11) is 1.68. The first kappa shape index (κ1) is 10.8. The molecule has 0 radical (unpaired) electrons. The number of benzene rings is 2. The van der Waals surface area contributed by atoms with Crippen LogP contribution < -0.4 is 4.74 Å². The molecule has 0 unspecified atom stereocenters. The van der Waals surface area contributed by atoms with Gasteiger partial charge in [0.1, 0.15) is 5.75 Å². The zero-order valence-electron chi connectivity index (χ0n) is 10.1. The SMILES string of the molecule is COc1ccc(-c2ccccc2)c2ncccc12. The first-order valence-electron chi connectivity index (χ1n) is 5.87. The highest BCUT2D eigenvalue weighted by molar-refractivity contribution is 5.97. The number of rotatable bonds is 2. The van der Waals surface area contributed by atoms with Crippen molar-refractivity contribution in [2.45, 2.75) is 0 Å². The molecule has 0 spiro atoms. The van der Waals surface area contributed by atoms with Gasteiger partial charge in [0.2, 0.25) is 0 Å². The summed E-state index contributed by atoms with van der Waals surface area (Å²) in [6, 6.07) is 18.3. The van der Waals surface area contributed by atoms with Crippen molar-refractivity contribution in [3.05, 3.63) is 60.8 Å². The molecule has 2 nitrogen and oxygen atoms in total. The molecule has 0 bridgehead atoms. The Morgan fingerprint density at radius 1 is 0.889 bits per heavy atom. The van der Waals surface area contributed by atoms with Crippen molar-refractivity contribution in [1.29, 1.82) is 0 Å². The van der Waals surface area contributed by atoms with Crippen LogP contribution in [-0.2, 0) is 0 Å². The van der Waals surface area contributed by atoms with Crippen LogP contribution in [0.4, 0.5) is 0 Å². The van der Waals surface area contributed by atoms with Crippen LogP contribution in [0.15, 0.2) is 60.8 Å². The van der Waals surface area contributed by atoms with Crippen LogP contribution >= 0.6 is 0 Å². The largest absolute Gasteiger partial charge is 0.496 e. The summed E-state index contributed by atoms with van der Waals surface area (Å²) in [5, 5.41) is 1.04. The Labute approximate surface area is 106 Å². The summed E-state index contributed by atoms with van der Waals surface area (Å²) in [6.07, 6.45) is 1.81. The lowest BCUT2D eigenvalue weighted by Crippen LogP contribution is -1.89. The predicted molar refractivity (Wildman–Crippen MR) is 73.7 cm³/mol. The normalized spacial score (nSPS) is 10.5. The molecule has 0 amide bonds. The van der Waals surface area contributed by atoms with E-state index in [9.17, 15) is 0 Å². The maximum absolute atomic E-state index is 5.38. The number of hydrogen-bond acceptors (Lipinski definition) is 2. The van der Waals surface area contributed by atoms with Gasteiger partial charge in [0.25, 0.3) is 0 Å². The van der Waals surface area contributed by atoms with E-state index >= 15 is 0 Å². The van der Waals surface area contributed by atoms with Crippen molar-refractivity contribution in [2.24, 2.45) is 0 Å². The van der Waals surface area contributed by atoms with Gasteiger partial charge in [-0.3, -0.25) is 4.98 Å². The zero-order chi connectivity index (χ0) is 12.4. The molecule has 0 aliphatic rings. The highest BCUT2D eigenvalue weighted by Crippen LogP contribution is 2.32. The summed E-state index contributed by atoms with van der Waals surface area (Å²) in [6.45, 7) is 0. The smallest absolute Gasteiger partial charge is 0.128 e. The molecule has 2 aromatic carbocycles.